The number of nitrogens with one attached hydrogen (secondary N) is 2. The fraction of sp³-hybridized carbons (Fsp3) is 0.261. The largest absolute Gasteiger partial charge is 0.375 e. The molecular weight excluding hydrogens is 398 g/mol. The summed E-state index contributed by atoms with van der Waals surface area (Å²) >= 11 is 0. The van der Waals surface area contributed by atoms with Crippen LogP contribution in [0.25, 0.3) is 10.8 Å². The molecule has 6 nitrogen and oxygen atoms in total. The molecule has 0 heterocycles. The van der Waals surface area contributed by atoms with Gasteiger partial charge in [0.15, 0.2) is 0 Å². The van der Waals surface area contributed by atoms with Gasteiger partial charge in [-0.05, 0) is 41.5 Å². The molecule has 0 bridgehead atoms. The van der Waals surface area contributed by atoms with Crippen molar-refractivity contribution in [3.63, 3.8) is 0 Å². The number of fused-ring (bicyclic) bond motifs is 1. The van der Waals surface area contributed by atoms with Crippen LogP contribution in [0, 0.1) is 0 Å². The molecule has 0 saturated carbocycles. The number of anilines is 1. The van der Waals surface area contributed by atoms with Crippen molar-refractivity contribution in [2.45, 2.75) is 17.7 Å². The Morgan fingerprint density at radius 1 is 0.900 bits per heavy atom. The van der Waals surface area contributed by atoms with E-state index in [-0.39, 0.29) is 23.8 Å². The maximum absolute atomic E-state index is 12.5. The van der Waals surface area contributed by atoms with Crippen LogP contribution in [0.3, 0.4) is 0 Å². The summed E-state index contributed by atoms with van der Waals surface area (Å²) in [6.45, 7) is 1.43. The van der Waals surface area contributed by atoms with E-state index in [0.717, 1.165) is 29.4 Å². The van der Waals surface area contributed by atoms with Gasteiger partial charge in [-0.3, -0.25) is 4.79 Å². The number of para-hydroxylation sites is 1. The quantitative estimate of drug-likeness (QED) is 0.489. The summed E-state index contributed by atoms with van der Waals surface area (Å²) in [5.41, 5.74) is 1.13. The SMILES string of the molecule is CN(CCCNC(=O)CCNS(=O)(=O)c1ccc2ccccc2c1)c1ccccc1. The zero-order valence-corrected chi connectivity index (χ0v) is 17.9. The maximum Gasteiger partial charge on any atom is 0.240 e. The molecule has 0 unspecified atom stereocenters. The summed E-state index contributed by atoms with van der Waals surface area (Å²) in [7, 11) is -1.64. The van der Waals surface area contributed by atoms with E-state index in [1.54, 1.807) is 18.2 Å². The average Bonchev–Trinajstić information content (AvgIpc) is 2.76. The normalized spacial score (nSPS) is 11.4. The highest BCUT2D eigenvalue weighted by Gasteiger charge is 2.14. The molecule has 0 aliphatic rings. The zero-order chi connectivity index (χ0) is 21.4. The standard InChI is InChI=1S/C23H27N3O3S/c1-26(21-10-3-2-4-11-21)17-7-15-24-23(27)14-16-25-30(28,29)22-13-12-19-8-5-6-9-20(19)18-22/h2-6,8-13,18,25H,7,14-17H2,1H3,(H,24,27). The number of rotatable bonds is 10. The van der Waals surface area contributed by atoms with Crippen molar-refractivity contribution in [2.24, 2.45) is 0 Å². The fourth-order valence-corrected chi connectivity index (χ4v) is 4.23. The van der Waals surface area contributed by atoms with Crippen LogP contribution < -0.4 is 14.9 Å². The van der Waals surface area contributed by atoms with E-state index in [1.807, 2.05) is 61.6 Å². The van der Waals surface area contributed by atoms with Gasteiger partial charge >= 0.3 is 0 Å². The van der Waals surface area contributed by atoms with Gasteiger partial charge in [0.1, 0.15) is 0 Å². The Labute approximate surface area is 178 Å². The Kier molecular flexibility index (Phi) is 7.43. The molecule has 0 aromatic heterocycles. The topological polar surface area (TPSA) is 78.5 Å². The number of hydrogen-bond donors (Lipinski definition) is 2. The van der Waals surface area contributed by atoms with Crippen LogP contribution in [0.4, 0.5) is 5.69 Å². The summed E-state index contributed by atoms with van der Waals surface area (Å²) < 4.78 is 27.5. The number of hydrogen-bond acceptors (Lipinski definition) is 4. The van der Waals surface area contributed by atoms with Crippen LogP contribution in [0.2, 0.25) is 0 Å². The van der Waals surface area contributed by atoms with Crippen LogP contribution in [-0.2, 0) is 14.8 Å². The number of benzene rings is 3. The lowest BCUT2D eigenvalue weighted by molar-refractivity contribution is -0.120. The van der Waals surface area contributed by atoms with E-state index < -0.39 is 10.0 Å². The summed E-state index contributed by atoms with van der Waals surface area (Å²) in [4.78, 5) is 14.3. The highest BCUT2D eigenvalue weighted by Crippen LogP contribution is 2.18. The minimum absolute atomic E-state index is 0.0604. The van der Waals surface area contributed by atoms with Gasteiger partial charge in [-0.25, -0.2) is 13.1 Å². The second-order valence-corrected chi connectivity index (χ2v) is 8.88. The molecule has 1 amide bonds. The van der Waals surface area contributed by atoms with Crippen LogP contribution in [0.5, 0.6) is 0 Å². The molecule has 2 N–H and O–H groups in total. The van der Waals surface area contributed by atoms with Crippen molar-refractivity contribution in [2.75, 3.05) is 31.6 Å². The number of carbonyl (C=O) groups is 1. The molecule has 3 aromatic rings. The van der Waals surface area contributed by atoms with E-state index in [4.69, 9.17) is 0 Å². The monoisotopic (exact) mass is 425 g/mol. The molecule has 3 aromatic carbocycles. The van der Waals surface area contributed by atoms with E-state index >= 15 is 0 Å². The number of carbonyl (C=O) groups excluding carboxylic acids is 1. The molecule has 0 radical (unpaired) electrons. The lowest BCUT2D eigenvalue weighted by atomic mass is 10.1. The van der Waals surface area contributed by atoms with Gasteiger partial charge in [0, 0.05) is 38.8 Å². The molecule has 30 heavy (non-hydrogen) atoms. The third-order valence-corrected chi connectivity index (χ3v) is 6.32. The molecule has 3 rings (SSSR count). The first-order chi connectivity index (χ1) is 14.5. The van der Waals surface area contributed by atoms with Crippen LogP contribution >= 0.6 is 0 Å². The summed E-state index contributed by atoms with van der Waals surface area (Å²) in [5, 5.41) is 4.68. The summed E-state index contributed by atoms with van der Waals surface area (Å²) in [5.74, 6) is -0.168. The van der Waals surface area contributed by atoms with E-state index in [1.165, 1.54) is 0 Å². The second kappa shape index (κ2) is 10.2. The lowest BCUT2D eigenvalue weighted by Crippen LogP contribution is -2.32. The fourth-order valence-electron chi connectivity index (χ4n) is 3.16. The summed E-state index contributed by atoms with van der Waals surface area (Å²) in [6, 6.07) is 22.6. The predicted octanol–water partition coefficient (Wildman–Crippen LogP) is 3.15. The van der Waals surface area contributed by atoms with Gasteiger partial charge in [0.25, 0.3) is 0 Å². The number of nitrogens with zero attached hydrogens (tertiary/aromatic N) is 1. The van der Waals surface area contributed by atoms with E-state index in [2.05, 4.69) is 14.9 Å². The van der Waals surface area contributed by atoms with Crippen molar-refractivity contribution >= 4 is 32.4 Å². The zero-order valence-electron chi connectivity index (χ0n) is 17.0. The molecule has 0 aliphatic carbocycles. The smallest absolute Gasteiger partial charge is 0.240 e. The first-order valence-electron chi connectivity index (χ1n) is 9.97. The van der Waals surface area contributed by atoms with Crippen LogP contribution in [0.15, 0.2) is 77.7 Å². The molecule has 0 atom stereocenters. The minimum Gasteiger partial charge on any atom is -0.375 e. The predicted molar refractivity (Wildman–Crippen MR) is 121 cm³/mol. The van der Waals surface area contributed by atoms with Crippen molar-refractivity contribution in [3.05, 3.63) is 72.8 Å². The average molecular weight is 426 g/mol. The Balaban J connectivity index is 1.39. The van der Waals surface area contributed by atoms with Crippen LogP contribution in [0.1, 0.15) is 12.8 Å². The molecule has 7 heteroatoms. The van der Waals surface area contributed by atoms with Crippen LogP contribution in [-0.4, -0.2) is 41.0 Å². The molecule has 158 valence electrons. The molecular formula is C23H27N3O3S. The third kappa shape index (κ3) is 6.05. The molecule has 0 fully saturated rings. The molecule has 0 spiro atoms. The van der Waals surface area contributed by atoms with Gasteiger partial charge in [-0.1, -0.05) is 48.5 Å². The Morgan fingerprint density at radius 3 is 2.37 bits per heavy atom. The molecule has 0 aliphatic heterocycles. The number of sulfonamides is 1. The maximum atomic E-state index is 12.5. The van der Waals surface area contributed by atoms with Gasteiger partial charge in [0.05, 0.1) is 4.90 Å². The van der Waals surface area contributed by atoms with Gasteiger partial charge < -0.3 is 10.2 Å². The Hall–Kier alpha value is -2.90. The first-order valence-corrected chi connectivity index (χ1v) is 11.5. The van der Waals surface area contributed by atoms with Crippen molar-refractivity contribution < 1.29 is 13.2 Å². The Bertz CT molecular complexity index is 1090. The summed E-state index contributed by atoms with van der Waals surface area (Å²) in [6.07, 6.45) is 0.904. The highest BCUT2D eigenvalue weighted by molar-refractivity contribution is 7.89. The minimum atomic E-state index is -3.65. The lowest BCUT2D eigenvalue weighted by Gasteiger charge is -2.19. The van der Waals surface area contributed by atoms with E-state index in [9.17, 15) is 13.2 Å². The van der Waals surface area contributed by atoms with E-state index in [0.29, 0.717) is 6.54 Å². The molecule has 0 saturated heterocycles. The van der Waals surface area contributed by atoms with Crippen molar-refractivity contribution in [1.29, 1.82) is 0 Å². The highest BCUT2D eigenvalue weighted by atomic mass is 32.2. The Morgan fingerprint density at radius 2 is 1.60 bits per heavy atom. The van der Waals surface area contributed by atoms with Gasteiger partial charge in [-0.15, -0.1) is 0 Å². The van der Waals surface area contributed by atoms with Crippen molar-refractivity contribution in [1.82, 2.24) is 10.0 Å². The second-order valence-electron chi connectivity index (χ2n) is 7.12. The first kappa shape index (κ1) is 21.8. The number of amides is 1. The van der Waals surface area contributed by atoms with Gasteiger partial charge in [0.2, 0.25) is 15.9 Å². The van der Waals surface area contributed by atoms with Crippen molar-refractivity contribution in [3.8, 4) is 0 Å². The third-order valence-electron chi connectivity index (χ3n) is 4.86. The van der Waals surface area contributed by atoms with Gasteiger partial charge in [-0.2, -0.15) is 0 Å².